The monoisotopic (exact) mass is 562 g/mol. The van der Waals surface area contributed by atoms with Crippen molar-refractivity contribution >= 4 is 34.8 Å². The van der Waals surface area contributed by atoms with Gasteiger partial charge < -0.3 is 19.7 Å². The van der Waals surface area contributed by atoms with Crippen LogP contribution in [0.1, 0.15) is 69.4 Å². The summed E-state index contributed by atoms with van der Waals surface area (Å²) in [4.78, 5) is 41.6. The van der Waals surface area contributed by atoms with Gasteiger partial charge in [-0.25, -0.2) is 0 Å². The predicted octanol–water partition coefficient (Wildman–Crippen LogP) is 6.50. The smallest absolute Gasteiger partial charge is 0.262 e. The fourth-order valence-electron chi connectivity index (χ4n) is 6.06. The SMILES string of the molecule is CCOc1cc(C2C3=C(CCCC3=O)N(CC)C3=C2C(=O)CCC3)cc(Cl)c1OCC(=O)Nc1ccc(C)cc1. The molecule has 0 saturated carbocycles. The minimum Gasteiger partial charge on any atom is -0.490 e. The van der Waals surface area contributed by atoms with Gasteiger partial charge in [0.05, 0.1) is 11.6 Å². The molecule has 1 N–H and O–H groups in total. The Kier molecular flexibility index (Phi) is 8.31. The summed E-state index contributed by atoms with van der Waals surface area (Å²) >= 11 is 6.78. The van der Waals surface area contributed by atoms with Crippen LogP contribution < -0.4 is 14.8 Å². The second-order valence-electron chi connectivity index (χ2n) is 10.4. The van der Waals surface area contributed by atoms with Gasteiger partial charge in [-0.15, -0.1) is 0 Å². The summed E-state index contributed by atoms with van der Waals surface area (Å²) in [6, 6.07) is 11.1. The number of benzene rings is 2. The number of nitrogens with zero attached hydrogens (tertiary/aromatic N) is 1. The lowest BCUT2D eigenvalue weighted by atomic mass is 9.71. The molecule has 1 aliphatic heterocycles. The van der Waals surface area contributed by atoms with Crippen molar-refractivity contribution in [2.45, 2.75) is 65.2 Å². The summed E-state index contributed by atoms with van der Waals surface area (Å²) in [6.45, 7) is 6.70. The predicted molar refractivity (Wildman–Crippen MR) is 155 cm³/mol. The number of halogens is 1. The van der Waals surface area contributed by atoms with Crippen LogP contribution in [-0.4, -0.2) is 42.1 Å². The maximum absolute atomic E-state index is 13.4. The van der Waals surface area contributed by atoms with E-state index in [0.29, 0.717) is 48.6 Å². The molecule has 0 spiro atoms. The van der Waals surface area contributed by atoms with Crippen LogP contribution in [0, 0.1) is 6.92 Å². The number of hydrogen-bond donors (Lipinski definition) is 1. The lowest BCUT2D eigenvalue weighted by Crippen LogP contribution is -2.39. The minimum atomic E-state index is -0.496. The third kappa shape index (κ3) is 5.39. The van der Waals surface area contributed by atoms with E-state index in [4.69, 9.17) is 21.1 Å². The van der Waals surface area contributed by atoms with Crippen molar-refractivity contribution in [1.29, 1.82) is 0 Å². The van der Waals surface area contributed by atoms with E-state index >= 15 is 0 Å². The Labute approximate surface area is 240 Å². The van der Waals surface area contributed by atoms with Crippen molar-refractivity contribution in [3.05, 3.63) is 75.1 Å². The molecule has 0 aromatic heterocycles. The van der Waals surface area contributed by atoms with Crippen LogP contribution in [-0.2, 0) is 14.4 Å². The van der Waals surface area contributed by atoms with E-state index in [2.05, 4.69) is 17.1 Å². The standard InChI is InChI=1S/C32H35ClN2O5/c1-4-35-23-8-6-10-25(36)30(23)29(31-24(35)9-7-11-26(31)37)20-16-22(33)32(27(17-20)39-5-2)40-18-28(38)34-21-14-12-19(3)13-15-21/h12-17,29H,4-11,18H2,1-3H3,(H,34,38). The first-order valence-electron chi connectivity index (χ1n) is 14.1. The number of nitrogens with one attached hydrogen (secondary N) is 1. The molecule has 1 amide bonds. The van der Waals surface area contributed by atoms with Crippen LogP contribution in [0.5, 0.6) is 11.5 Å². The van der Waals surface area contributed by atoms with E-state index in [1.165, 1.54) is 0 Å². The van der Waals surface area contributed by atoms with Gasteiger partial charge in [-0.2, -0.15) is 0 Å². The van der Waals surface area contributed by atoms with Gasteiger partial charge in [0.25, 0.3) is 5.91 Å². The zero-order valence-corrected chi connectivity index (χ0v) is 24.0. The number of Topliss-reactive ketones (excluding diaryl/α,β-unsaturated/α-hetero) is 2. The van der Waals surface area contributed by atoms with Crippen LogP contribution in [0.3, 0.4) is 0 Å². The van der Waals surface area contributed by atoms with E-state index < -0.39 is 5.92 Å². The highest BCUT2D eigenvalue weighted by molar-refractivity contribution is 6.32. The summed E-state index contributed by atoms with van der Waals surface area (Å²) < 4.78 is 11.8. The first-order valence-corrected chi connectivity index (χ1v) is 14.5. The Bertz CT molecular complexity index is 1370. The number of ketones is 2. The Morgan fingerprint density at radius 1 is 0.950 bits per heavy atom. The lowest BCUT2D eigenvalue weighted by Gasteiger charge is -2.43. The Balaban J connectivity index is 1.50. The molecule has 2 aliphatic carbocycles. The van der Waals surface area contributed by atoms with E-state index in [9.17, 15) is 14.4 Å². The first-order chi connectivity index (χ1) is 19.3. The van der Waals surface area contributed by atoms with Crippen molar-refractivity contribution in [2.75, 3.05) is 25.1 Å². The summed E-state index contributed by atoms with van der Waals surface area (Å²) in [5.41, 5.74) is 5.95. The molecule has 0 saturated heterocycles. The fraction of sp³-hybridized carbons (Fsp3) is 0.406. The van der Waals surface area contributed by atoms with E-state index in [1.807, 2.05) is 44.2 Å². The third-order valence-corrected chi connectivity index (χ3v) is 8.03. The topological polar surface area (TPSA) is 84.9 Å². The van der Waals surface area contributed by atoms with Crippen LogP contribution in [0.15, 0.2) is 58.9 Å². The van der Waals surface area contributed by atoms with Crippen LogP contribution in [0.2, 0.25) is 5.02 Å². The number of ether oxygens (including phenoxy) is 2. The maximum atomic E-state index is 13.4. The van der Waals surface area contributed by atoms with Gasteiger partial charge in [0, 0.05) is 53.5 Å². The van der Waals surface area contributed by atoms with Gasteiger partial charge in [-0.05, 0) is 76.3 Å². The molecule has 7 nitrogen and oxygen atoms in total. The van der Waals surface area contributed by atoms with Gasteiger partial charge in [-0.1, -0.05) is 29.3 Å². The van der Waals surface area contributed by atoms with Crippen molar-refractivity contribution in [3.8, 4) is 11.5 Å². The van der Waals surface area contributed by atoms with Crippen LogP contribution in [0.25, 0.3) is 0 Å². The third-order valence-electron chi connectivity index (χ3n) is 7.75. The average molecular weight is 563 g/mol. The minimum absolute atomic E-state index is 0.0804. The molecule has 8 heteroatoms. The molecular formula is C32H35ClN2O5. The number of rotatable bonds is 8. The molecule has 0 atom stereocenters. The van der Waals surface area contributed by atoms with Gasteiger partial charge >= 0.3 is 0 Å². The average Bonchev–Trinajstić information content (AvgIpc) is 2.93. The highest BCUT2D eigenvalue weighted by Gasteiger charge is 2.43. The van der Waals surface area contributed by atoms with Crippen molar-refractivity contribution in [1.82, 2.24) is 4.90 Å². The molecule has 2 aromatic rings. The second-order valence-corrected chi connectivity index (χ2v) is 10.8. The van der Waals surface area contributed by atoms with E-state index in [-0.39, 0.29) is 34.9 Å². The largest absolute Gasteiger partial charge is 0.490 e. The highest BCUT2D eigenvalue weighted by Crippen LogP contribution is 2.51. The number of carbonyl (C=O) groups is 3. The van der Waals surface area contributed by atoms with Crippen LogP contribution in [0.4, 0.5) is 5.69 Å². The molecule has 1 heterocycles. The molecule has 5 rings (SSSR count). The van der Waals surface area contributed by atoms with E-state index in [0.717, 1.165) is 48.2 Å². The number of allylic oxidation sites excluding steroid dienone is 4. The zero-order valence-electron chi connectivity index (χ0n) is 23.3. The fourth-order valence-corrected chi connectivity index (χ4v) is 6.33. The second kappa shape index (κ2) is 11.9. The van der Waals surface area contributed by atoms with Gasteiger partial charge in [0.1, 0.15) is 0 Å². The maximum Gasteiger partial charge on any atom is 0.262 e. The molecule has 0 radical (unpaired) electrons. The highest BCUT2D eigenvalue weighted by atomic mass is 35.5. The molecular weight excluding hydrogens is 528 g/mol. The molecule has 3 aliphatic rings. The van der Waals surface area contributed by atoms with Gasteiger partial charge in [0.2, 0.25) is 0 Å². The number of hydrogen-bond acceptors (Lipinski definition) is 6. The summed E-state index contributed by atoms with van der Waals surface area (Å²) in [6.07, 6.45) is 4.15. The van der Waals surface area contributed by atoms with E-state index in [1.54, 1.807) is 6.07 Å². The quantitative estimate of drug-likeness (QED) is 0.395. The lowest BCUT2D eigenvalue weighted by molar-refractivity contribution is -0.118. The number of anilines is 1. The molecule has 40 heavy (non-hydrogen) atoms. The van der Waals surface area contributed by atoms with Gasteiger partial charge in [0.15, 0.2) is 29.7 Å². The van der Waals surface area contributed by atoms with Gasteiger partial charge in [-0.3, -0.25) is 14.4 Å². The Hall–Kier alpha value is -3.58. The number of aryl methyl sites for hydroxylation is 1. The summed E-state index contributed by atoms with van der Waals surface area (Å²) in [5, 5.41) is 3.08. The summed E-state index contributed by atoms with van der Waals surface area (Å²) in [5.74, 6) is -0.0336. The van der Waals surface area contributed by atoms with Crippen molar-refractivity contribution in [2.24, 2.45) is 0 Å². The van der Waals surface area contributed by atoms with Crippen molar-refractivity contribution in [3.63, 3.8) is 0 Å². The molecule has 0 bridgehead atoms. The number of carbonyl (C=O) groups excluding carboxylic acids is 3. The Morgan fingerprint density at radius 3 is 2.15 bits per heavy atom. The van der Waals surface area contributed by atoms with Crippen LogP contribution >= 0.6 is 11.6 Å². The zero-order chi connectivity index (χ0) is 28.4. The molecule has 2 aromatic carbocycles. The molecule has 210 valence electrons. The molecule has 0 fully saturated rings. The molecule has 0 unspecified atom stereocenters. The normalized spacial score (nSPS) is 17.6. The Morgan fingerprint density at radius 2 is 1.57 bits per heavy atom. The summed E-state index contributed by atoms with van der Waals surface area (Å²) in [7, 11) is 0. The number of amides is 1. The van der Waals surface area contributed by atoms with Crippen molar-refractivity contribution < 1.29 is 23.9 Å². The first kappa shape index (κ1) is 28.0.